The second kappa shape index (κ2) is 7.66. The van der Waals surface area contributed by atoms with Gasteiger partial charge in [0.1, 0.15) is 16.8 Å². The summed E-state index contributed by atoms with van der Waals surface area (Å²) in [5, 5.41) is 6.50. The van der Waals surface area contributed by atoms with E-state index in [1.54, 1.807) is 7.11 Å². The van der Waals surface area contributed by atoms with E-state index in [2.05, 4.69) is 10.1 Å². The van der Waals surface area contributed by atoms with Gasteiger partial charge in [0.25, 0.3) is 0 Å². The molecule has 24 heavy (non-hydrogen) atoms. The molecule has 0 aliphatic rings. The van der Waals surface area contributed by atoms with Crippen molar-refractivity contribution in [2.75, 3.05) is 7.11 Å². The topological polar surface area (TPSA) is 58.3 Å². The first-order valence-corrected chi connectivity index (χ1v) is 8.38. The van der Waals surface area contributed by atoms with Gasteiger partial charge in [-0.3, -0.25) is 0 Å². The highest BCUT2D eigenvalue weighted by Crippen LogP contribution is 2.29. The van der Waals surface area contributed by atoms with E-state index in [-0.39, 0.29) is 6.04 Å². The summed E-state index contributed by atoms with van der Waals surface area (Å²) in [6.07, 6.45) is 3.87. The molecule has 1 heterocycles. The van der Waals surface area contributed by atoms with E-state index in [1.807, 2.05) is 72.1 Å². The molecular weight excluding hydrogens is 318 g/mol. The van der Waals surface area contributed by atoms with E-state index < -0.39 is 0 Å². The Morgan fingerprint density at radius 2 is 1.88 bits per heavy atom. The Labute approximate surface area is 145 Å². The first-order valence-electron chi connectivity index (χ1n) is 7.50. The smallest absolute Gasteiger partial charge is 0.140 e. The van der Waals surface area contributed by atoms with Crippen molar-refractivity contribution < 1.29 is 4.74 Å². The SMILES string of the molecule is COc1ccc(-c2csc(C(C=Cc3ccccc3)N=N)n2)cc1. The van der Waals surface area contributed by atoms with E-state index in [0.29, 0.717) is 0 Å². The highest BCUT2D eigenvalue weighted by Gasteiger charge is 2.12. The fourth-order valence-electron chi connectivity index (χ4n) is 2.26. The van der Waals surface area contributed by atoms with E-state index >= 15 is 0 Å². The Hall–Kier alpha value is -2.79. The second-order valence-corrected chi connectivity index (χ2v) is 6.03. The molecule has 0 radical (unpaired) electrons. The highest BCUT2D eigenvalue weighted by atomic mass is 32.1. The lowest BCUT2D eigenvalue weighted by Gasteiger charge is -2.02. The first kappa shape index (κ1) is 16.1. The summed E-state index contributed by atoms with van der Waals surface area (Å²) in [6, 6.07) is 17.4. The second-order valence-electron chi connectivity index (χ2n) is 5.14. The third-order valence-corrected chi connectivity index (χ3v) is 4.49. The van der Waals surface area contributed by atoms with Crippen LogP contribution in [0.25, 0.3) is 17.3 Å². The summed E-state index contributed by atoms with van der Waals surface area (Å²) in [4.78, 5) is 4.63. The average molecular weight is 335 g/mol. The van der Waals surface area contributed by atoms with Gasteiger partial charge >= 0.3 is 0 Å². The molecule has 0 saturated heterocycles. The predicted molar refractivity (Wildman–Crippen MR) is 97.5 cm³/mol. The van der Waals surface area contributed by atoms with Crippen LogP contribution in [0.15, 0.2) is 71.2 Å². The number of thiazole rings is 1. The van der Waals surface area contributed by atoms with Crippen LogP contribution in [-0.2, 0) is 0 Å². The van der Waals surface area contributed by atoms with Crippen LogP contribution >= 0.6 is 11.3 Å². The van der Waals surface area contributed by atoms with E-state index in [4.69, 9.17) is 10.3 Å². The van der Waals surface area contributed by atoms with Crippen LogP contribution in [-0.4, -0.2) is 12.1 Å². The van der Waals surface area contributed by atoms with Crippen LogP contribution in [0.3, 0.4) is 0 Å². The number of hydrogen-bond acceptors (Lipinski definition) is 5. The summed E-state index contributed by atoms with van der Waals surface area (Å²) in [7, 11) is 1.65. The molecule has 3 rings (SSSR count). The number of aromatic nitrogens is 1. The third kappa shape index (κ3) is 3.75. The molecule has 2 aromatic carbocycles. The van der Waals surface area contributed by atoms with Crippen LogP contribution in [0.4, 0.5) is 0 Å². The molecule has 0 spiro atoms. The number of nitrogens with zero attached hydrogens (tertiary/aromatic N) is 2. The van der Waals surface area contributed by atoms with Crippen molar-refractivity contribution in [3.8, 4) is 17.0 Å². The van der Waals surface area contributed by atoms with Crippen molar-refractivity contribution in [2.45, 2.75) is 6.04 Å². The number of hydrogen-bond donors (Lipinski definition) is 1. The molecule has 1 atom stereocenters. The Balaban J connectivity index is 1.79. The number of benzene rings is 2. The van der Waals surface area contributed by atoms with Crippen LogP contribution in [0.1, 0.15) is 16.6 Å². The van der Waals surface area contributed by atoms with Gasteiger partial charge in [-0.1, -0.05) is 42.5 Å². The lowest BCUT2D eigenvalue weighted by atomic mass is 10.1. The molecule has 1 N–H and O–H groups in total. The van der Waals surface area contributed by atoms with Gasteiger partial charge in [-0.25, -0.2) is 10.5 Å². The number of methoxy groups -OCH3 is 1. The van der Waals surface area contributed by atoms with Gasteiger partial charge in [0.15, 0.2) is 0 Å². The molecule has 0 bridgehead atoms. The van der Waals surface area contributed by atoms with Gasteiger partial charge in [-0.2, -0.15) is 5.11 Å². The quantitative estimate of drug-likeness (QED) is 0.596. The van der Waals surface area contributed by atoms with Crippen molar-refractivity contribution in [1.82, 2.24) is 4.98 Å². The minimum absolute atomic E-state index is 0.359. The molecular formula is C19H17N3OS. The van der Waals surface area contributed by atoms with Gasteiger partial charge < -0.3 is 4.74 Å². The molecule has 5 heteroatoms. The van der Waals surface area contributed by atoms with E-state index in [1.165, 1.54) is 11.3 Å². The van der Waals surface area contributed by atoms with Crippen molar-refractivity contribution in [1.29, 1.82) is 5.53 Å². The highest BCUT2D eigenvalue weighted by molar-refractivity contribution is 7.10. The van der Waals surface area contributed by atoms with Crippen molar-refractivity contribution in [2.24, 2.45) is 5.11 Å². The molecule has 0 amide bonds. The average Bonchev–Trinajstić information content (AvgIpc) is 3.13. The van der Waals surface area contributed by atoms with Gasteiger partial charge in [0.2, 0.25) is 0 Å². The maximum atomic E-state index is 7.45. The molecule has 1 aromatic heterocycles. The van der Waals surface area contributed by atoms with Gasteiger partial charge in [-0.15, -0.1) is 11.3 Å². The van der Waals surface area contributed by atoms with Crippen LogP contribution in [0.5, 0.6) is 5.75 Å². The minimum Gasteiger partial charge on any atom is -0.497 e. The van der Waals surface area contributed by atoms with Crippen LogP contribution in [0, 0.1) is 5.53 Å². The van der Waals surface area contributed by atoms with Crippen LogP contribution < -0.4 is 4.74 Å². The molecule has 0 fully saturated rings. The molecule has 1 unspecified atom stereocenters. The Morgan fingerprint density at radius 3 is 2.54 bits per heavy atom. The molecule has 0 aliphatic heterocycles. The Bertz CT molecular complexity index is 825. The van der Waals surface area contributed by atoms with Crippen molar-refractivity contribution >= 4 is 17.4 Å². The molecule has 120 valence electrons. The fourth-order valence-corrected chi connectivity index (χ4v) is 3.11. The van der Waals surface area contributed by atoms with Gasteiger partial charge in [0, 0.05) is 10.9 Å². The van der Waals surface area contributed by atoms with Crippen molar-refractivity contribution in [3.63, 3.8) is 0 Å². The minimum atomic E-state index is -0.359. The number of ether oxygens (including phenoxy) is 1. The maximum absolute atomic E-state index is 7.45. The monoisotopic (exact) mass is 335 g/mol. The Morgan fingerprint density at radius 1 is 1.12 bits per heavy atom. The zero-order valence-electron chi connectivity index (χ0n) is 13.2. The largest absolute Gasteiger partial charge is 0.497 e. The number of nitrogens with one attached hydrogen (secondary N) is 1. The van der Waals surface area contributed by atoms with Crippen molar-refractivity contribution in [3.05, 3.63) is 76.6 Å². The first-order chi connectivity index (χ1) is 11.8. The summed E-state index contributed by atoms with van der Waals surface area (Å²) in [5.41, 5.74) is 10.4. The fraction of sp³-hybridized carbons (Fsp3) is 0.105. The lowest BCUT2D eigenvalue weighted by molar-refractivity contribution is 0.415. The predicted octanol–water partition coefficient (Wildman–Crippen LogP) is 5.60. The zero-order chi connectivity index (χ0) is 16.8. The number of rotatable bonds is 6. The molecule has 4 nitrogen and oxygen atoms in total. The molecule has 0 aliphatic carbocycles. The lowest BCUT2D eigenvalue weighted by Crippen LogP contribution is -1.90. The van der Waals surface area contributed by atoms with Gasteiger partial charge in [0.05, 0.1) is 12.8 Å². The molecule has 3 aromatic rings. The zero-order valence-corrected chi connectivity index (χ0v) is 14.0. The third-order valence-electron chi connectivity index (χ3n) is 3.57. The summed E-state index contributed by atoms with van der Waals surface area (Å²) in [6.45, 7) is 0. The van der Waals surface area contributed by atoms with E-state index in [0.717, 1.165) is 27.6 Å². The summed E-state index contributed by atoms with van der Waals surface area (Å²) in [5.74, 6) is 0.819. The standard InChI is InChI=1S/C19H17N3OS/c1-23-16-10-8-15(9-11-16)18-13-24-19(21-18)17(22-20)12-7-14-5-3-2-4-6-14/h2-13,17,20H,1H3. The summed E-state index contributed by atoms with van der Waals surface area (Å²) >= 11 is 1.51. The normalized spacial score (nSPS) is 12.2. The van der Waals surface area contributed by atoms with E-state index in [9.17, 15) is 0 Å². The van der Waals surface area contributed by atoms with Crippen LogP contribution in [0.2, 0.25) is 0 Å². The maximum Gasteiger partial charge on any atom is 0.140 e. The Kier molecular flexibility index (Phi) is 5.13. The molecule has 0 saturated carbocycles. The van der Waals surface area contributed by atoms with Gasteiger partial charge in [-0.05, 0) is 29.8 Å². The summed E-state index contributed by atoms with van der Waals surface area (Å²) < 4.78 is 5.17.